The van der Waals surface area contributed by atoms with Crippen LogP contribution in [0.25, 0.3) is 0 Å². The van der Waals surface area contributed by atoms with Crippen molar-refractivity contribution in [2.75, 3.05) is 45.2 Å². The molecule has 0 atom stereocenters. The van der Waals surface area contributed by atoms with Crippen molar-refractivity contribution in [3.63, 3.8) is 0 Å². The number of anilines is 1. The van der Waals surface area contributed by atoms with E-state index in [-0.39, 0.29) is 18.1 Å². The first-order chi connectivity index (χ1) is 14.8. The molecule has 0 radical (unpaired) electrons. The summed E-state index contributed by atoms with van der Waals surface area (Å²) in [5.74, 6) is -0.614. The third-order valence-electron chi connectivity index (χ3n) is 5.05. The van der Waals surface area contributed by atoms with E-state index in [1.807, 2.05) is 17.0 Å². The molecule has 0 unspecified atom stereocenters. The summed E-state index contributed by atoms with van der Waals surface area (Å²) in [6.45, 7) is 2.22. The van der Waals surface area contributed by atoms with Gasteiger partial charge in [0, 0.05) is 38.9 Å². The van der Waals surface area contributed by atoms with Gasteiger partial charge in [-0.2, -0.15) is 13.2 Å². The van der Waals surface area contributed by atoms with E-state index in [1.165, 1.54) is 18.2 Å². The average molecular weight is 435 g/mol. The van der Waals surface area contributed by atoms with Crippen LogP contribution in [0.2, 0.25) is 0 Å². The molecule has 0 saturated carbocycles. The SMILES string of the molecule is COCc1ccc(C(=O)N2CCN(CC(=O)Nc3ccccc3C(F)(F)F)CC2)cc1. The number of nitrogens with one attached hydrogen (secondary N) is 1. The summed E-state index contributed by atoms with van der Waals surface area (Å²) in [5.41, 5.74) is 0.415. The number of para-hydroxylation sites is 1. The minimum atomic E-state index is -4.54. The summed E-state index contributed by atoms with van der Waals surface area (Å²) in [4.78, 5) is 28.5. The molecular weight excluding hydrogens is 411 g/mol. The van der Waals surface area contributed by atoms with Gasteiger partial charge < -0.3 is 15.0 Å². The van der Waals surface area contributed by atoms with Gasteiger partial charge in [-0.25, -0.2) is 0 Å². The van der Waals surface area contributed by atoms with Crippen molar-refractivity contribution in [2.45, 2.75) is 12.8 Å². The zero-order valence-corrected chi connectivity index (χ0v) is 17.1. The molecule has 2 aromatic rings. The molecule has 0 spiro atoms. The highest BCUT2D eigenvalue weighted by atomic mass is 19.4. The summed E-state index contributed by atoms with van der Waals surface area (Å²) < 4.78 is 44.3. The Labute approximate surface area is 178 Å². The van der Waals surface area contributed by atoms with Gasteiger partial charge in [0.15, 0.2) is 0 Å². The molecule has 1 N–H and O–H groups in total. The Balaban J connectivity index is 1.51. The number of carbonyl (C=O) groups excluding carboxylic acids is 2. The largest absolute Gasteiger partial charge is 0.418 e. The molecule has 0 aromatic heterocycles. The number of benzene rings is 2. The summed E-state index contributed by atoms with van der Waals surface area (Å²) in [5, 5.41) is 2.35. The number of alkyl halides is 3. The van der Waals surface area contributed by atoms with E-state index in [1.54, 1.807) is 24.1 Å². The number of carbonyl (C=O) groups is 2. The van der Waals surface area contributed by atoms with Crippen molar-refractivity contribution in [2.24, 2.45) is 0 Å². The van der Waals surface area contributed by atoms with Crippen molar-refractivity contribution in [3.8, 4) is 0 Å². The van der Waals surface area contributed by atoms with Crippen LogP contribution in [0, 0.1) is 0 Å². The minimum Gasteiger partial charge on any atom is -0.380 e. The second-order valence-electron chi connectivity index (χ2n) is 7.29. The zero-order chi connectivity index (χ0) is 22.4. The van der Waals surface area contributed by atoms with Gasteiger partial charge in [0.1, 0.15) is 0 Å². The molecule has 2 aromatic carbocycles. The highest BCUT2D eigenvalue weighted by Gasteiger charge is 2.33. The van der Waals surface area contributed by atoms with Gasteiger partial charge in [-0.3, -0.25) is 14.5 Å². The predicted octanol–water partition coefficient (Wildman–Crippen LogP) is 3.25. The number of halogens is 3. The van der Waals surface area contributed by atoms with Crippen molar-refractivity contribution in [1.82, 2.24) is 9.80 Å². The zero-order valence-electron chi connectivity index (χ0n) is 17.1. The van der Waals surface area contributed by atoms with Crippen LogP contribution >= 0.6 is 0 Å². The summed E-state index contributed by atoms with van der Waals surface area (Å²) in [6.07, 6.45) is -4.54. The lowest BCUT2D eigenvalue weighted by atomic mass is 10.1. The number of ether oxygens (including phenoxy) is 1. The molecule has 166 valence electrons. The lowest BCUT2D eigenvalue weighted by Gasteiger charge is -2.34. The van der Waals surface area contributed by atoms with Crippen molar-refractivity contribution >= 4 is 17.5 Å². The first kappa shape index (κ1) is 22.8. The summed E-state index contributed by atoms with van der Waals surface area (Å²) in [7, 11) is 1.61. The van der Waals surface area contributed by atoms with Gasteiger partial charge in [-0.1, -0.05) is 24.3 Å². The van der Waals surface area contributed by atoms with Crippen LogP contribution in [0.5, 0.6) is 0 Å². The second kappa shape index (κ2) is 9.93. The Hall–Kier alpha value is -2.91. The molecule has 6 nitrogen and oxygen atoms in total. The van der Waals surface area contributed by atoms with Gasteiger partial charge in [0.05, 0.1) is 24.4 Å². The van der Waals surface area contributed by atoms with Crippen LogP contribution in [0.15, 0.2) is 48.5 Å². The number of amides is 2. The Bertz CT molecular complexity index is 908. The quantitative estimate of drug-likeness (QED) is 0.757. The molecule has 31 heavy (non-hydrogen) atoms. The Morgan fingerprint density at radius 1 is 1.00 bits per heavy atom. The van der Waals surface area contributed by atoms with Crippen molar-refractivity contribution in [3.05, 3.63) is 65.2 Å². The number of methoxy groups -OCH3 is 1. The molecule has 1 aliphatic heterocycles. The van der Waals surface area contributed by atoms with E-state index in [0.717, 1.165) is 11.6 Å². The maximum absolute atomic E-state index is 13.1. The van der Waals surface area contributed by atoms with E-state index in [9.17, 15) is 22.8 Å². The van der Waals surface area contributed by atoms with Gasteiger partial charge >= 0.3 is 6.18 Å². The molecule has 1 aliphatic rings. The van der Waals surface area contributed by atoms with Crippen LogP contribution in [0.3, 0.4) is 0 Å². The van der Waals surface area contributed by atoms with Crippen molar-refractivity contribution < 1.29 is 27.5 Å². The van der Waals surface area contributed by atoms with Crippen LogP contribution in [0.1, 0.15) is 21.5 Å². The summed E-state index contributed by atoms with van der Waals surface area (Å²) >= 11 is 0. The maximum atomic E-state index is 13.1. The van der Waals surface area contributed by atoms with Gasteiger partial charge in [-0.15, -0.1) is 0 Å². The highest BCUT2D eigenvalue weighted by Crippen LogP contribution is 2.34. The fraction of sp³-hybridized carbons (Fsp3) is 0.364. The lowest BCUT2D eigenvalue weighted by Crippen LogP contribution is -2.50. The van der Waals surface area contributed by atoms with E-state index < -0.39 is 17.6 Å². The molecule has 1 saturated heterocycles. The van der Waals surface area contributed by atoms with Crippen LogP contribution in [-0.4, -0.2) is 61.4 Å². The fourth-order valence-electron chi connectivity index (χ4n) is 3.43. The second-order valence-corrected chi connectivity index (χ2v) is 7.29. The van der Waals surface area contributed by atoms with Crippen LogP contribution in [0.4, 0.5) is 18.9 Å². The normalized spacial score (nSPS) is 15.0. The average Bonchev–Trinajstić information content (AvgIpc) is 2.74. The fourth-order valence-corrected chi connectivity index (χ4v) is 3.43. The molecule has 3 rings (SSSR count). The van der Waals surface area contributed by atoms with E-state index in [0.29, 0.717) is 38.3 Å². The number of piperazine rings is 1. The number of rotatable bonds is 6. The molecule has 1 heterocycles. The molecular formula is C22H24F3N3O3. The molecule has 1 fully saturated rings. The van der Waals surface area contributed by atoms with E-state index >= 15 is 0 Å². The smallest absolute Gasteiger partial charge is 0.380 e. The van der Waals surface area contributed by atoms with E-state index in [4.69, 9.17) is 4.74 Å². The molecule has 0 bridgehead atoms. The van der Waals surface area contributed by atoms with E-state index in [2.05, 4.69) is 5.32 Å². The number of hydrogen-bond acceptors (Lipinski definition) is 4. The number of nitrogens with zero attached hydrogens (tertiary/aromatic N) is 2. The topological polar surface area (TPSA) is 61.9 Å². The standard InChI is InChI=1S/C22H24F3N3O3/c1-31-15-16-6-8-17(9-7-16)21(30)28-12-10-27(11-13-28)14-20(29)26-19-5-3-2-4-18(19)22(23,24)25/h2-9H,10-15H2,1H3,(H,26,29). The summed E-state index contributed by atoms with van der Waals surface area (Å²) in [6, 6.07) is 12.1. The van der Waals surface area contributed by atoms with Crippen LogP contribution in [-0.2, 0) is 22.3 Å². The minimum absolute atomic E-state index is 0.0417. The van der Waals surface area contributed by atoms with Crippen LogP contribution < -0.4 is 5.32 Å². The third kappa shape index (κ3) is 6.05. The first-order valence-corrected chi connectivity index (χ1v) is 9.83. The Morgan fingerprint density at radius 3 is 2.26 bits per heavy atom. The predicted molar refractivity (Wildman–Crippen MR) is 110 cm³/mol. The van der Waals surface area contributed by atoms with Gasteiger partial charge in [0.25, 0.3) is 5.91 Å². The highest BCUT2D eigenvalue weighted by molar-refractivity contribution is 5.94. The Morgan fingerprint density at radius 2 is 1.65 bits per heavy atom. The molecule has 9 heteroatoms. The van der Waals surface area contributed by atoms with Gasteiger partial charge in [0.2, 0.25) is 5.91 Å². The lowest BCUT2D eigenvalue weighted by molar-refractivity contribution is -0.137. The number of hydrogen-bond donors (Lipinski definition) is 1. The maximum Gasteiger partial charge on any atom is 0.418 e. The monoisotopic (exact) mass is 435 g/mol. The molecule has 0 aliphatic carbocycles. The first-order valence-electron chi connectivity index (χ1n) is 9.83. The third-order valence-corrected chi connectivity index (χ3v) is 5.05. The Kier molecular flexibility index (Phi) is 7.29. The van der Waals surface area contributed by atoms with Gasteiger partial charge in [-0.05, 0) is 29.8 Å². The van der Waals surface area contributed by atoms with Crippen molar-refractivity contribution in [1.29, 1.82) is 0 Å². The molecule has 2 amide bonds.